The molecule has 1 N–H and O–H groups in total. The van der Waals surface area contributed by atoms with Crippen LogP contribution < -0.4 is 9.64 Å². The third-order valence-corrected chi connectivity index (χ3v) is 5.62. The number of ether oxygens (including phenoxy) is 1. The van der Waals surface area contributed by atoms with Gasteiger partial charge in [-0.05, 0) is 12.5 Å². The Morgan fingerprint density at radius 2 is 2.10 bits per heavy atom. The molecule has 30 heavy (non-hydrogen) atoms. The summed E-state index contributed by atoms with van der Waals surface area (Å²) in [7, 11) is 0. The lowest BCUT2D eigenvalue weighted by Crippen LogP contribution is -2.36. The van der Waals surface area contributed by atoms with Crippen molar-refractivity contribution in [1.82, 2.24) is 24.7 Å². The van der Waals surface area contributed by atoms with E-state index in [0.29, 0.717) is 10.6 Å². The predicted molar refractivity (Wildman–Crippen MR) is 101 cm³/mol. The highest BCUT2D eigenvalue weighted by molar-refractivity contribution is 7.18. The number of thiophene rings is 1. The molecule has 4 heterocycles. The molecule has 1 aliphatic heterocycles. The zero-order chi connectivity index (χ0) is 21.5. The number of rotatable bonds is 6. The standard InChI is InChI=1S/C17H17F3N6O3S/c1-2-3-9-6-10-13(21-16(22-14(10)30-9)29-8-12(27)28)25-4-5-26-11(7-25)23-24-15(26)17(18,19)20/h6H,2-5,7-8H2,1H3,(H,27,28). The minimum atomic E-state index is -4.57. The van der Waals surface area contributed by atoms with E-state index in [1.165, 1.54) is 11.3 Å². The summed E-state index contributed by atoms with van der Waals surface area (Å²) in [5, 5.41) is 16.6. The number of aliphatic carboxylic acids is 1. The van der Waals surface area contributed by atoms with Gasteiger partial charge in [-0.15, -0.1) is 21.5 Å². The van der Waals surface area contributed by atoms with Crippen LogP contribution in [0, 0.1) is 0 Å². The van der Waals surface area contributed by atoms with Crippen LogP contribution in [0.3, 0.4) is 0 Å². The van der Waals surface area contributed by atoms with Crippen LogP contribution >= 0.6 is 11.3 Å². The van der Waals surface area contributed by atoms with Gasteiger partial charge in [0, 0.05) is 18.0 Å². The maximum atomic E-state index is 13.1. The SMILES string of the molecule is CCCc1cc2c(N3CCn4c(nnc4C(F)(F)F)C3)nc(OCC(=O)O)nc2s1. The Bertz CT molecular complexity index is 1100. The summed E-state index contributed by atoms with van der Waals surface area (Å²) in [6.07, 6.45) is -2.80. The second-order valence-electron chi connectivity index (χ2n) is 6.70. The second kappa shape index (κ2) is 7.70. The quantitative estimate of drug-likeness (QED) is 0.621. The number of halogens is 3. The topological polar surface area (TPSA) is 106 Å². The van der Waals surface area contributed by atoms with Gasteiger partial charge in [0.15, 0.2) is 12.4 Å². The third-order valence-electron chi connectivity index (χ3n) is 4.53. The van der Waals surface area contributed by atoms with E-state index in [1.807, 2.05) is 13.0 Å². The van der Waals surface area contributed by atoms with Gasteiger partial charge in [-0.3, -0.25) is 0 Å². The normalized spacial score (nSPS) is 14.2. The summed E-state index contributed by atoms with van der Waals surface area (Å²) in [4.78, 5) is 23.0. The van der Waals surface area contributed by atoms with Crippen molar-refractivity contribution in [2.75, 3.05) is 18.1 Å². The Morgan fingerprint density at radius 1 is 1.30 bits per heavy atom. The highest BCUT2D eigenvalue weighted by Gasteiger charge is 2.39. The molecule has 9 nitrogen and oxygen atoms in total. The zero-order valence-corrected chi connectivity index (χ0v) is 16.6. The number of nitrogens with zero attached hydrogens (tertiary/aromatic N) is 6. The maximum absolute atomic E-state index is 13.1. The Balaban J connectivity index is 1.71. The van der Waals surface area contributed by atoms with Crippen LogP contribution in [0.4, 0.5) is 19.0 Å². The number of aryl methyl sites for hydroxylation is 1. The molecule has 0 radical (unpaired) electrons. The number of carboxylic acids is 1. The molecule has 0 spiro atoms. The van der Waals surface area contributed by atoms with E-state index in [2.05, 4.69) is 20.2 Å². The summed E-state index contributed by atoms with van der Waals surface area (Å²) in [6.45, 7) is 1.82. The van der Waals surface area contributed by atoms with Gasteiger partial charge in [0.2, 0.25) is 5.82 Å². The molecule has 0 atom stereocenters. The Labute approximate surface area is 172 Å². The number of hydrogen-bond donors (Lipinski definition) is 1. The first-order valence-corrected chi connectivity index (χ1v) is 9.97. The summed E-state index contributed by atoms with van der Waals surface area (Å²) >= 11 is 1.45. The van der Waals surface area contributed by atoms with Crippen LogP contribution in [0.2, 0.25) is 0 Å². The van der Waals surface area contributed by atoms with Crippen LogP contribution in [-0.4, -0.2) is 49.0 Å². The monoisotopic (exact) mass is 442 g/mol. The number of carboxylic acid groups (broad SMARTS) is 1. The minimum absolute atomic E-state index is 0.0416. The molecule has 3 aromatic rings. The number of alkyl halides is 3. The first-order valence-electron chi connectivity index (χ1n) is 9.15. The van der Waals surface area contributed by atoms with Gasteiger partial charge < -0.3 is 19.3 Å². The van der Waals surface area contributed by atoms with E-state index in [1.54, 1.807) is 4.90 Å². The van der Waals surface area contributed by atoms with Gasteiger partial charge in [-0.2, -0.15) is 23.1 Å². The molecule has 0 saturated heterocycles. The number of fused-ring (bicyclic) bond motifs is 2. The van der Waals surface area contributed by atoms with E-state index < -0.39 is 24.6 Å². The van der Waals surface area contributed by atoms with Crippen LogP contribution in [0.25, 0.3) is 10.2 Å². The molecule has 4 rings (SSSR count). The van der Waals surface area contributed by atoms with Crippen molar-refractivity contribution in [2.24, 2.45) is 0 Å². The fraction of sp³-hybridized carbons (Fsp3) is 0.471. The smallest absolute Gasteiger partial charge is 0.451 e. The van der Waals surface area contributed by atoms with Crippen LogP contribution in [-0.2, 0) is 30.5 Å². The first-order chi connectivity index (χ1) is 14.3. The summed E-state index contributed by atoms with van der Waals surface area (Å²) in [5.41, 5.74) is 0. The molecule has 3 aromatic heterocycles. The van der Waals surface area contributed by atoms with Crippen molar-refractivity contribution in [3.05, 3.63) is 22.6 Å². The molecule has 0 saturated carbocycles. The predicted octanol–water partition coefficient (Wildman–Crippen LogP) is 2.74. The van der Waals surface area contributed by atoms with E-state index in [-0.39, 0.29) is 31.5 Å². The third kappa shape index (κ3) is 3.88. The highest BCUT2D eigenvalue weighted by Crippen LogP contribution is 2.35. The fourth-order valence-electron chi connectivity index (χ4n) is 3.29. The number of carbonyl (C=O) groups is 1. The number of anilines is 1. The number of hydrogen-bond acceptors (Lipinski definition) is 8. The first kappa shape index (κ1) is 20.3. The molecule has 13 heteroatoms. The van der Waals surface area contributed by atoms with Crippen molar-refractivity contribution in [3.63, 3.8) is 0 Å². The van der Waals surface area contributed by atoms with E-state index >= 15 is 0 Å². The molecule has 0 bridgehead atoms. The molecule has 0 unspecified atom stereocenters. The minimum Gasteiger partial charge on any atom is -0.479 e. The molecule has 0 fully saturated rings. The maximum Gasteiger partial charge on any atom is 0.451 e. The van der Waals surface area contributed by atoms with Crippen molar-refractivity contribution >= 4 is 33.3 Å². The Kier molecular flexibility index (Phi) is 5.22. The summed E-state index contributed by atoms with van der Waals surface area (Å²) in [6, 6.07) is 1.87. The summed E-state index contributed by atoms with van der Waals surface area (Å²) < 4.78 is 45.5. The van der Waals surface area contributed by atoms with Crippen molar-refractivity contribution in [3.8, 4) is 6.01 Å². The molecular formula is C17H17F3N6O3S. The van der Waals surface area contributed by atoms with Crippen LogP contribution in [0.5, 0.6) is 6.01 Å². The lowest BCUT2D eigenvalue weighted by molar-refractivity contribution is -0.147. The zero-order valence-electron chi connectivity index (χ0n) is 15.8. The van der Waals surface area contributed by atoms with E-state index in [4.69, 9.17) is 9.84 Å². The number of aromatic nitrogens is 5. The van der Waals surface area contributed by atoms with Crippen LogP contribution in [0.1, 0.15) is 29.9 Å². The molecule has 160 valence electrons. The Morgan fingerprint density at radius 3 is 2.80 bits per heavy atom. The lowest BCUT2D eigenvalue weighted by atomic mass is 10.2. The molecule has 1 aliphatic rings. The van der Waals surface area contributed by atoms with Crippen molar-refractivity contribution in [2.45, 2.75) is 39.0 Å². The van der Waals surface area contributed by atoms with Gasteiger partial charge in [0.25, 0.3) is 0 Å². The molecule has 0 aliphatic carbocycles. The van der Waals surface area contributed by atoms with Gasteiger partial charge in [-0.25, -0.2) is 4.79 Å². The second-order valence-corrected chi connectivity index (χ2v) is 7.82. The van der Waals surface area contributed by atoms with Crippen LogP contribution in [0.15, 0.2) is 6.07 Å². The van der Waals surface area contributed by atoms with E-state index in [0.717, 1.165) is 27.7 Å². The van der Waals surface area contributed by atoms with E-state index in [9.17, 15) is 18.0 Å². The fourth-order valence-corrected chi connectivity index (χ4v) is 4.40. The highest BCUT2D eigenvalue weighted by atomic mass is 32.1. The lowest BCUT2D eigenvalue weighted by Gasteiger charge is -2.29. The molecule has 0 aromatic carbocycles. The van der Waals surface area contributed by atoms with Gasteiger partial charge in [0.1, 0.15) is 10.6 Å². The van der Waals surface area contributed by atoms with Crippen molar-refractivity contribution in [1.29, 1.82) is 0 Å². The molecular weight excluding hydrogens is 425 g/mol. The van der Waals surface area contributed by atoms with Crippen molar-refractivity contribution < 1.29 is 27.8 Å². The largest absolute Gasteiger partial charge is 0.479 e. The Hall–Kier alpha value is -2.96. The summed E-state index contributed by atoms with van der Waals surface area (Å²) in [5.74, 6) is -1.53. The van der Waals surface area contributed by atoms with Gasteiger partial charge in [0.05, 0.1) is 11.9 Å². The molecule has 0 amide bonds. The van der Waals surface area contributed by atoms with Gasteiger partial charge >= 0.3 is 18.2 Å². The average molecular weight is 442 g/mol. The average Bonchev–Trinajstić information content (AvgIpc) is 3.28. The van der Waals surface area contributed by atoms with Gasteiger partial charge in [-0.1, -0.05) is 13.3 Å².